The molecule has 4 heteroatoms. The van der Waals surface area contributed by atoms with Crippen LogP contribution in [0.2, 0.25) is 0 Å². The van der Waals surface area contributed by atoms with Crippen LogP contribution in [-0.2, 0) is 4.74 Å². The number of morpholine rings is 1. The minimum atomic E-state index is -0.676. The van der Waals surface area contributed by atoms with Gasteiger partial charge in [-0.1, -0.05) is 0 Å². The Bertz CT molecular complexity index is 434. The van der Waals surface area contributed by atoms with Gasteiger partial charge in [-0.15, -0.1) is 0 Å². The average molecular weight is 253 g/mol. The van der Waals surface area contributed by atoms with Gasteiger partial charge in [0.05, 0.1) is 19.3 Å². The van der Waals surface area contributed by atoms with Gasteiger partial charge in [0.25, 0.3) is 0 Å². The van der Waals surface area contributed by atoms with Crippen molar-refractivity contribution in [2.45, 2.75) is 32.9 Å². The number of rotatable bonds is 2. The number of ether oxygens (including phenoxy) is 1. The second-order valence-corrected chi connectivity index (χ2v) is 4.95. The van der Waals surface area contributed by atoms with Crippen LogP contribution in [-0.4, -0.2) is 30.9 Å². The number of hydrogen-bond donors (Lipinski definition) is 1. The molecule has 1 aromatic carbocycles. The standard InChI is InChI=1S/C14H20FNO2/c1-9-6-14(12(11(3)17)7-13(9)15)16-4-5-18-8-10(16)2/h6-7,10-11,17H,4-5,8H2,1-3H3/t10?,11-/m1/s1. The lowest BCUT2D eigenvalue weighted by Crippen LogP contribution is -2.44. The number of anilines is 1. The van der Waals surface area contributed by atoms with E-state index in [9.17, 15) is 9.50 Å². The minimum Gasteiger partial charge on any atom is -0.389 e. The van der Waals surface area contributed by atoms with Gasteiger partial charge in [0.1, 0.15) is 5.82 Å². The van der Waals surface area contributed by atoms with Crippen LogP contribution in [0.1, 0.15) is 31.1 Å². The number of benzene rings is 1. The van der Waals surface area contributed by atoms with Gasteiger partial charge in [0, 0.05) is 23.8 Å². The molecule has 0 radical (unpaired) electrons. The molecule has 1 heterocycles. The maximum atomic E-state index is 13.6. The number of halogens is 1. The molecule has 2 rings (SSSR count). The molecule has 0 bridgehead atoms. The van der Waals surface area contributed by atoms with E-state index in [4.69, 9.17) is 4.74 Å². The summed E-state index contributed by atoms with van der Waals surface area (Å²) in [7, 11) is 0. The highest BCUT2D eigenvalue weighted by Crippen LogP contribution is 2.31. The number of nitrogens with zero attached hydrogens (tertiary/aromatic N) is 1. The van der Waals surface area contributed by atoms with Gasteiger partial charge in [-0.25, -0.2) is 4.39 Å². The number of aliphatic hydroxyl groups excluding tert-OH is 1. The Hall–Kier alpha value is -1.13. The molecule has 18 heavy (non-hydrogen) atoms. The maximum absolute atomic E-state index is 13.6. The molecule has 2 atom stereocenters. The first-order valence-corrected chi connectivity index (χ1v) is 6.33. The highest BCUT2D eigenvalue weighted by molar-refractivity contribution is 5.57. The van der Waals surface area contributed by atoms with E-state index in [1.54, 1.807) is 13.8 Å². The van der Waals surface area contributed by atoms with E-state index in [0.717, 1.165) is 12.2 Å². The number of aliphatic hydroxyl groups is 1. The second-order valence-electron chi connectivity index (χ2n) is 4.95. The van der Waals surface area contributed by atoms with E-state index in [2.05, 4.69) is 11.8 Å². The molecular formula is C14H20FNO2. The van der Waals surface area contributed by atoms with E-state index < -0.39 is 6.10 Å². The smallest absolute Gasteiger partial charge is 0.126 e. The average Bonchev–Trinajstić information content (AvgIpc) is 2.32. The summed E-state index contributed by atoms with van der Waals surface area (Å²) in [6.45, 7) is 7.58. The zero-order valence-electron chi connectivity index (χ0n) is 11.1. The summed E-state index contributed by atoms with van der Waals surface area (Å²) in [6.07, 6.45) is -0.676. The lowest BCUT2D eigenvalue weighted by atomic mass is 10.0. The van der Waals surface area contributed by atoms with Gasteiger partial charge in [0.15, 0.2) is 0 Å². The molecule has 3 nitrogen and oxygen atoms in total. The van der Waals surface area contributed by atoms with E-state index in [1.165, 1.54) is 6.07 Å². The van der Waals surface area contributed by atoms with E-state index in [1.807, 2.05) is 6.07 Å². The van der Waals surface area contributed by atoms with Gasteiger partial charge < -0.3 is 14.7 Å². The predicted molar refractivity (Wildman–Crippen MR) is 69.4 cm³/mol. The zero-order chi connectivity index (χ0) is 13.3. The molecule has 1 saturated heterocycles. The molecule has 1 aromatic rings. The first kappa shape index (κ1) is 13.3. The van der Waals surface area contributed by atoms with Crippen LogP contribution in [0.15, 0.2) is 12.1 Å². The Morgan fingerprint density at radius 2 is 2.22 bits per heavy atom. The Morgan fingerprint density at radius 3 is 2.83 bits per heavy atom. The highest BCUT2D eigenvalue weighted by atomic mass is 19.1. The molecule has 1 aliphatic heterocycles. The normalized spacial score (nSPS) is 22.1. The van der Waals surface area contributed by atoms with E-state index >= 15 is 0 Å². The largest absolute Gasteiger partial charge is 0.389 e. The van der Waals surface area contributed by atoms with Crippen molar-refractivity contribution in [1.82, 2.24) is 0 Å². The van der Waals surface area contributed by atoms with Crippen LogP contribution in [0.25, 0.3) is 0 Å². The third kappa shape index (κ3) is 2.49. The Balaban J connectivity index is 2.44. The van der Waals surface area contributed by atoms with Crippen LogP contribution in [0.3, 0.4) is 0 Å². The summed E-state index contributed by atoms with van der Waals surface area (Å²) in [5.41, 5.74) is 2.17. The van der Waals surface area contributed by atoms with Crippen LogP contribution < -0.4 is 4.90 Å². The van der Waals surface area contributed by atoms with E-state index in [0.29, 0.717) is 24.3 Å². The second kappa shape index (κ2) is 5.24. The van der Waals surface area contributed by atoms with Gasteiger partial charge in [0.2, 0.25) is 0 Å². The predicted octanol–water partition coefficient (Wildman–Crippen LogP) is 2.41. The van der Waals surface area contributed by atoms with Crippen molar-refractivity contribution in [2.24, 2.45) is 0 Å². The number of aryl methyl sites for hydroxylation is 1. The van der Waals surface area contributed by atoms with Crippen molar-refractivity contribution in [3.8, 4) is 0 Å². The van der Waals surface area contributed by atoms with Crippen LogP contribution >= 0.6 is 0 Å². The molecule has 1 unspecified atom stereocenters. The number of hydrogen-bond acceptors (Lipinski definition) is 3. The van der Waals surface area contributed by atoms with Crippen molar-refractivity contribution < 1.29 is 14.2 Å². The topological polar surface area (TPSA) is 32.7 Å². The summed E-state index contributed by atoms with van der Waals surface area (Å²) in [6, 6.07) is 3.50. The maximum Gasteiger partial charge on any atom is 0.126 e. The molecule has 0 aromatic heterocycles. The fraction of sp³-hybridized carbons (Fsp3) is 0.571. The molecule has 1 fully saturated rings. The first-order chi connectivity index (χ1) is 8.50. The van der Waals surface area contributed by atoms with Crippen molar-refractivity contribution in [3.63, 3.8) is 0 Å². The molecule has 1 N–H and O–H groups in total. The van der Waals surface area contributed by atoms with Crippen molar-refractivity contribution in [1.29, 1.82) is 0 Å². The summed E-state index contributed by atoms with van der Waals surface area (Å²) in [5.74, 6) is -0.268. The minimum absolute atomic E-state index is 0.237. The van der Waals surface area contributed by atoms with Crippen LogP contribution in [0.5, 0.6) is 0 Å². The van der Waals surface area contributed by atoms with Crippen molar-refractivity contribution in [2.75, 3.05) is 24.7 Å². The fourth-order valence-electron chi connectivity index (χ4n) is 2.35. The monoisotopic (exact) mass is 253 g/mol. The molecular weight excluding hydrogens is 233 g/mol. The third-order valence-corrected chi connectivity index (χ3v) is 3.44. The highest BCUT2D eigenvalue weighted by Gasteiger charge is 2.23. The van der Waals surface area contributed by atoms with Crippen molar-refractivity contribution in [3.05, 3.63) is 29.1 Å². The van der Waals surface area contributed by atoms with Crippen LogP contribution in [0, 0.1) is 12.7 Å². The third-order valence-electron chi connectivity index (χ3n) is 3.44. The Kier molecular flexibility index (Phi) is 3.88. The lowest BCUT2D eigenvalue weighted by molar-refractivity contribution is 0.0984. The van der Waals surface area contributed by atoms with Gasteiger partial charge in [-0.3, -0.25) is 0 Å². The summed E-state index contributed by atoms with van der Waals surface area (Å²) < 4.78 is 19.0. The van der Waals surface area contributed by atoms with E-state index in [-0.39, 0.29) is 11.9 Å². The molecule has 100 valence electrons. The summed E-state index contributed by atoms with van der Waals surface area (Å²) >= 11 is 0. The molecule has 1 aliphatic rings. The Morgan fingerprint density at radius 1 is 1.50 bits per heavy atom. The summed E-state index contributed by atoms with van der Waals surface area (Å²) in [4.78, 5) is 2.18. The quantitative estimate of drug-likeness (QED) is 0.878. The lowest BCUT2D eigenvalue weighted by Gasteiger charge is -2.37. The van der Waals surface area contributed by atoms with Gasteiger partial charge >= 0.3 is 0 Å². The van der Waals surface area contributed by atoms with Crippen LogP contribution in [0.4, 0.5) is 10.1 Å². The SMILES string of the molecule is Cc1cc(N2CCOCC2C)c([C@@H](C)O)cc1F. The van der Waals surface area contributed by atoms with Crippen molar-refractivity contribution >= 4 is 5.69 Å². The molecule has 0 spiro atoms. The zero-order valence-corrected chi connectivity index (χ0v) is 11.1. The first-order valence-electron chi connectivity index (χ1n) is 6.33. The summed E-state index contributed by atoms with van der Waals surface area (Å²) in [5, 5.41) is 9.81. The molecule has 0 saturated carbocycles. The van der Waals surface area contributed by atoms with Gasteiger partial charge in [-0.05, 0) is 38.5 Å². The van der Waals surface area contributed by atoms with Gasteiger partial charge in [-0.2, -0.15) is 0 Å². The molecule has 0 amide bonds. The molecule has 0 aliphatic carbocycles. The Labute approximate surface area is 107 Å². The fourth-order valence-corrected chi connectivity index (χ4v) is 2.35.